The van der Waals surface area contributed by atoms with E-state index in [1.54, 1.807) is 0 Å². The van der Waals surface area contributed by atoms with E-state index in [1.807, 2.05) is 0 Å². The summed E-state index contributed by atoms with van der Waals surface area (Å²) in [4.78, 5) is 9.34. The number of carbonyl (C=O) groups is 1. The van der Waals surface area contributed by atoms with Crippen molar-refractivity contribution in [1.82, 2.24) is 0 Å². The Morgan fingerprint density at radius 3 is 1.88 bits per heavy atom. The SMILES string of the molecule is CC(O)C(=O)[O-].O.[Ca+2]. The van der Waals surface area contributed by atoms with Crippen LogP contribution in [0.4, 0.5) is 0 Å². The number of hydrogen-bond donors (Lipinski definition) is 1. The van der Waals surface area contributed by atoms with Crippen LogP contribution < -0.4 is 5.11 Å². The summed E-state index contributed by atoms with van der Waals surface area (Å²) in [5, 5.41) is 17.3. The van der Waals surface area contributed by atoms with E-state index in [9.17, 15) is 9.90 Å². The smallest absolute Gasteiger partial charge is 0.547 e. The van der Waals surface area contributed by atoms with Crippen molar-refractivity contribution in [3.63, 3.8) is 0 Å². The maximum absolute atomic E-state index is 9.34. The first-order chi connectivity index (χ1) is 2.64. The van der Waals surface area contributed by atoms with Crippen LogP contribution in [0.3, 0.4) is 0 Å². The number of aliphatic hydroxyl groups excluding tert-OH is 1. The van der Waals surface area contributed by atoms with Crippen LogP contribution in [0, 0.1) is 0 Å². The van der Waals surface area contributed by atoms with Gasteiger partial charge in [-0.3, -0.25) is 0 Å². The molecular formula is C3H7CaO4+. The zero-order chi connectivity index (χ0) is 5.15. The van der Waals surface area contributed by atoms with Crippen LogP contribution in [0.2, 0.25) is 0 Å². The molecule has 0 aliphatic heterocycles. The van der Waals surface area contributed by atoms with Crippen molar-refractivity contribution in [2.24, 2.45) is 0 Å². The van der Waals surface area contributed by atoms with Gasteiger partial charge < -0.3 is 20.5 Å². The van der Waals surface area contributed by atoms with Gasteiger partial charge in [0.2, 0.25) is 0 Å². The molecule has 0 aliphatic rings. The van der Waals surface area contributed by atoms with Gasteiger partial charge >= 0.3 is 37.7 Å². The summed E-state index contributed by atoms with van der Waals surface area (Å²) < 4.78 is 0. The molecule has 0 aromatic carbocycles. The van der Waals surface area contributed by atoms with E-state index in [4.69, 9.17) is 5.11 Å². The van der Waals surface area contributed by atoms with E-state index in [0.717, 1.165) is 6.92 Å². The standard InChI is InChI=1S/C3H6O3.Ca.H2O/c1-2(4)3(5)6;;/h2,4H,1H3,(H,5,6);;1H2/q;+2;/p-1. The average Bonchev–Trinajstić information content (AvgIpc) is 1.36. The first-order valence-electron chi connectivity index (χ1n) is 1.53. The van der Waals surface area contributed by atoms with Crippen LogP contribution in [0.15, 0.2) is 0 Å². The Kier molecular flexibility index (Phi) is 15.2. The van der Waals surface area contributed by atoms with E-state index in [-0.39, 0.29) is 43.2 Å². The van der Waals surface area contributed by atoms with Crippen LogP contribution in [0.1, 0.15) is 6.92 Å². The van der Waals surface area contributed by atoms with Crippen molar-refractivity contribution in [3.05, 3.63) is 0 Å². The van der Waals surface area contributed by atoms with Crippen LogP contribution >= 0.6 is 0 Å². The first kappa shape index (κ1) is 15.9. The van der Waals surface area contributed by atoms with Crippen LogP contribution in [0.25, 0.3) is 0 Å². The Labute approximate surface area is 76.8 Å². The molecule has 0 rings (SSSR count). The Hall–Kier alpha value is 0.650. The number of carboxylic acid groups (broad SMARTS) is 1. The summed E-state index contributed by atoms with van der Waals surface area (Å²) in [6, 6.07) is 0. The molecule has 0 heterocycles. The van der Waals surface area contributed by atoms with Gasteiger partial charge in [0, 0.05) is 0 Å². The second kappa shape index (κ2) is 7.65. The van der Waals surface area contributed by atoms with Gasteiger partial charge in [0.1, 0.15) is 0 Å². The topological polar surface area (TPSA) is 91.9 Å². The molecule has 5 heteroatoms. The Morgan fingerprint density at radius 1 is 1.75 bits per heavy atom. The van der Waals surface area contributed by atoms with Gasteiger partial charge in [-0.05, 0) is 6.92 Å². The van der Waals surface area contributed by atoms with Crippen LogP contribution in [-0.2, 0) is 4.79 Å². The second-order valence-electron chi connectivity index (χ2n) is 0.995. The molecule has 4 nitrogen and oxygen atoms in total. The maximum Gasteiger partial charge on any atom is 2.00 e. The van der Waals surface area contributed by atoms with Crippen molar-refractivity contribution in [2.45, 2.75) is 13.0 Å². The van der Waals surface area contributed by atoms with Crippen LogP contribution in [-0.4, -0.2) is 60.4 Å². The summed E-state index contributed by atoms with van der Waals surface area (Å²) in [6.07, 6.45) is -1.34. The van der Waals surface area contributed by atoms with Gasteiger partial charge in [-0.2, -0.15) is 0 Å². The Morgan fingerprint density at radius 2 is 1.88 bits per heavy atom. The summed E-state index contributed by atoms with van der Waals surface area (Å²) in [5.74, 6) is -1.44. The van der Waals surface area contributed by atoms with E-state index in [0.29, 0.717) is 0 Å². The Bertz CT molecular complexity index is 62.3. The molecular weight excluding hydrogens is 140 g/mol. The molecule has 44 valence electrons. The number of carbonyl (C=O) groups excluding carboxylic acids is 1. The molecule has 0 bridgehead atoms. The summed E-state index contributed by atoms with van der Waals surface area (Å²) in [7, 11) is 0. The van der Waals surface area contributed by atoms with E-state index in [1.165, 1.54) is 0 Å². The quantitative estimate of drug-likeness (QED) is 0.398. The van der Waals surface area contributed by atoms with Gasteiger partial charge in [-0.15, -0.1) is 0 Å². The predicted molar refractivity (Wildman–Crippen MR) is 26.1 cm³/mol. The molecule has 0 aromatic heterocycles. The van der Waals surface area contributed by atoms with E-state index >= 15 is 0 Å². The first-order valence-corrected chi connectivity index (χ1v) is 1.53. The second-order valence-corrected chi connectivity index (χ2v) is 0.995. The molecule has 1 atom stereocenters. The third-order valence-electron chi connectivity index (χ3n) is 0.341. The molecule has 3 N–H and O–H groups in total. The minimum atomic E-state index is -1.44. The van der Waals surface area contributed by atoms with E-state index < -0.39 is 12.1 Å². The molecule has 0 amide bonds. The van der Waals surface area contributed by atoms with E-state index in [2.05, 4.69) is 0 Å². The maximum atomic E-state index is 9.34. The Balaban J connectivity index is -0.000000125. The molecule has 0 radical (unpaired) electrons. The molecule has 1 unspecified atom stereocenters. The molecule has 0 spiro atoms. The number of aliphatic hydroxyl groups is 1. The largest absolute Gasteiger partial charge is 2.00 e. The fourth-order valence-electron chi connectivity index (χ4n) is 0. The fourth-order valence-corrected chi connectivity index (χ4v) is 0. The summed E-state index contributed by atoms with van der Waals surface area (Å²) >= 11 is 0. The minimum absolute atomic E-state index is 0. The van der Waals surface area contributed by atoms with Crippen LogP contribution in [0.5, 0.6) is 0 Å². The minimum Gasteiger partial charge on any atom is -0.547 e. The van der Waals surface area contributed by atoms with Gasteiger partial charge in [0.05, 0.1) is 12.1 Å². The molecule has 8 heavy (non-hydrogen) atoms. The fraction of sp³-hybridized carbons (Fsp3) is 0.667. The van der Waals surface area contributed by atoms with Gasteiger partial charge in [-0.25, -0.2) is 0 Å². The number of hydrogen-bond acceptors (Lipinski definition) is 3. The molecule has 0 aliphatic carbocycles. The van der Waals surface area contributed by atoms with Gasteiger partial charge in [0.25, 0.3) is 0 Å². The van der Waals surface area contributed by atoms with Crippen molar-refractivity contribution in [3.8, 4) is 0 Å². The molecule has 0 saturated carbocycles. The zero-order valence-corrected chi connectivity index (χ0v) is 6.76. The predicted octanol–water partition coefficient (Wildman–Crippen LogP) is -3.09. The normalized spacial score (nSPS) is 10.2. The average molecular weight is 147 g/mol. The summed E-state index contributed by atoms with van der Waals surface area (Å²) in [5.41, 5.74) is 0. The zero-order valence-electron chi connectivity index (χ0n) is 4.55. The van der Waals surface area contributed by atoms with Crippen molar-refractivity contribution in [2.75, 3.05) is 0 Å². The molecule has 0 saturated heterocycles. The summed E-state index contributed by atoms with van der Waals surface area (Å²) in [6.45, 7) is 1.13. The number of aliphatic carboxylic acids is 1. The number of rotatable bonds is 1. The van der Waals surface area contributed by atoms with Crippen molar-refractivity contribution in [1.29, 1.82) is 0 Å². The molecule has 0 aromatic rings. The van der Waals surface area contributed by atoms with Gasteiger partial charge in [-0.1, -0.05) is 0 Å². The third kappa shape index (κ3) is 9.82. The van der Waals surface area contributed by atoms with Crippen molar-refractivity contribution >= 4 is 43.7 Å². The molecule has 0 fully saturated rings. The monoisotopic (exact) mass is 147 g/mol. The van der Waals surface area contributed by atoms with Gasteiger partial charge in [0.15, 0.2) is 0 Å². The van der Waals surface area contributed by atoms with Crippen molar-refractivity contribution < 1.29 is 20.5 Å². The number of carboxylic acids is 1. The third-order valence-corrected chi connectivity index (χ3v) is 0.341.